The Morgan fingerprint density at radius 1 is 1.22 bits per heavy atom. The summed E-state index contributed by atoms with van der Waals surface area (Å²) in [5.74, 6) is 0.909. The first-order chi connectivity index (χ1) is 13.1. The lowest BCUT2D eigenvalue weighted by molar-refractivity contribution is 0.0410. The second-order valence-corrected chi connectivity index (χ2v) is 8.14. The zero-order valence-corrected chi connectivity index (χ0v) is 16.7. The number of para-hydroxylation sites is 1. The highest BCUT2D eigenvalue weighted by molar-refractivity contribution is 7.99. The molecule has 0 spiro atoms. The zero-order valence-electron chi connectivity index (χ0n) is 15.9. The summed E-state index contributed by atoms with van der Waals surface area (Å²) in [6.07, 6.45) is 0.503. The second kappa shape index (κ2) is 9.39. The van der Waals surface area contributed by atoms with Gasteiger partial charge in [-0.15, -0.1) is 0 Å². The van der Waals surface area contributed by atoms with Crippen LogP contribution in [-0.4, -0.2) is 58.2 Å². The van der Waals surface area contributed by atoms with E-state index in [1.54, 1.807) is 4.57 Å². The lowest BCUT2D eigenvalue weighted by Crippen LogP contribution is -2.37. The fourth-order valence-electron chi connectivity index (χ4n) is 3.10. The number of hydrogen-bond acceptors (Lipinski definition) is 6. The molecule has 0 radical (unpaired) electrons. The largest absolute Gasteiger partial charge is 0.493 e. The SMILES string of the molecule is CC(C)Cc1c(O)nc(SCCN2CCOCC2)n(-c2ccccc2)c1=O. The minimum Gasteiger partial charge on any atom is -0.493 e. The van der Waals surface area contributed by atoms with E-state index in [2.05, 4.69) is 9.88 Å². The van der Waals surface area contributed by atoms with Crippen molar-refractivity contribution in [2.75, 3.05) is 38.6 Å². The molecule has 2 heterocycles. The molecule has 1 aliphatic heterocycles. The quantitative estimate of drug-likeness (QED) is 0.580. The summed E-state index contributed by atoms with van der Waals surface area (Å²) < 4.78 is 7.00. The van der Waals surface area contributed by atoms with Crippen molar-refractivity contribution in [2.24, 2.45) is 5.92 Å². The first-order valence-corrected chi connectivity index (χ1v) is 10.4. The number of hydrogen-bond donors (Lipinski definition) is 1. The molecule has 1 aromatic carbocycles. The maximum absolute atomic E-state index is 13.1. The Morgan fingerprint density at radius 3 is 2.59 bits per heavy atom. The summed E-state index contributed by atoms with van der Waals surface area (Å²) in [6, 6.07) is 9.51. The number of aromatic hydroxyl groups is 1. The van der Waals surface area contributed by atoms with Crippen LogP contribution in [0.2, 0.25) is 0 Å². The number of morpholine rings is 1. The summed E-state index contributed by atoms with van der Waals surface area (Å²) >= 11 is 1.50. The van der Waals surface area contributed by atoms with Gasteiger partial charge in [0.1, 0.15) is 0 Å². The predicted molar refractivity (Wildman–Crippen MR) is 108 cm³/mol. The van der Waals surface area contributed by atoms with Crippen LogP contribution in [0.1, 0.15) is 19.4 Å². The van der Waals surface area contributed by atoms with E-state index in [9.17, 15) is 9.90 Å². The van der Waals surface area contributed by atoms with Crippen molar-refractivity contribution in [3.05, 3.63) is 46.2 Å². The van der Waals surface area contributed by atoms with Crippen LogP contribution in [0.15, 0.2) is 40.3 Å². The molecule has 146 valence electrons. The maximum Gasteiger partial charge on any atom is 0.265 e. The minimum absolute atomic E-state index is 0.144. The molecule has 1 fully saturated rings. The third kappa shape index (κ3) is 5.12. The first-order valence-electron chi connectivity index (χ1n) is 9.39. The number of aromatic nitrogens is 2. The lowest BCUT2D eigenvalue weighted by Gasteiger charge is -2.26. The maximum atomic E-state index is 13.1. The Bertz CT molecular complexity index is 802. The Hall–Kier alpha value is -1.83. The van der Waals surface area contributed by atoms with Gasteiger partial charge in [0, 0.05) is 25.4 Å². The highest BCUT2D eigenvalue weighted by atomic mass is 32.2. The molecular weight excluding hydrogens is 362 g/mol. The van der Waals surface area contributed by atoms with Crippen LogP contribution in [0.3, 0.4) is 0 Å². The molecule has 6 nitrogen and oxygen atoms in total. The molecule has 1 saturated heterocycles. The van der Waals surface area contributed by atoms with Crippen LogP contribution >= 0.6 is 11.8 Å². The van der Waals surface area contributed by atoms with Gasteiger partial charge in [0.2, 0.25) is 5.88 Å². The van der Waals surface area contributed by atoms with Crippen molar-refractivity contribution in [1.29, 1.82) is 0 Å². The summed E-state index contributed by atoms with van der Waals surface area (Å²) in [7, 11) is 0. The first kappa shape index (κ1) is 19.9. The summed E-state index contributed by atoms with van der Waals surface area (Å²) in [4.78, 5) is 19.9. The van der Waals surface area contributed by atoms with Crippen LogP contribution in [-0.2, 0) is 11.2 Å². The van der Waals surface area contributed by atoms with E-state index in [0.29, 0.717) is 17.1 Å². The molecule has 0 bridgehead atoms. The van der Waals surface area contributed by atoms with E-state index < -0.39 is 0 Å². The smallest absolute Gasteiger partial charge is 0.265 e. The summed E-state index contributed by atoms with van der Waals surface area (Å²) in [5.41, 5.74) is 0.969. The van der Waals surface area contributed by atoms with Gasteiger partial charge in [-0.05, 0) is 24.5 Å². The fourth-order valence-corrected chi connectivity index (χ4v) is 4.11. The lowest BCUT2D eigenvalue weighted by atomic mass is 10.1. The minimum atomic E-state index is -0.184. The van der Waals surface area contributed by atoms with Crippen molar-refractivity contribution in [3.63, 3.8) is 0 Å². The number of ether oxygens (including phenoxy) is 1. The van der Waals surface area contributed by atoms with E-state index in [-0.39, 0.29) is 17.4 Å². The number of thioether (sulfide) groups is 1. The molecule has 0 saturated carbocycles. The molecule has 27 heavy (non-hydrogen) atoms. The zero-order chi connectivity index (χ0) is 19.2. The Labute approximate surface area is 164 Å². The molecule has 0 aliphatic carbocycles. The topological polar surface area (TPSA) is 67.6 Å². The average Bonchev–Trinajstić information content (AvgIpc) is 2.66. The average molecular weight is 390 g/mol. The van der Waals surface area contributed by atoms with E-state index in [1.807, 2.05) is 44.2 Å². The molecule has 1 aliphatic rings. The number of nitrogens with zero attached hydrogens (tertiary/aromatic N) is 3. The van der Waals surface area contributed by atoms with Gasteiger partial charge in [0.15, 0.2) is 5.16 Å². The van der Waals surface area contributed by atoms with Gasteiger partial charge in [-0.2, -0.15) is 4.98 Å². The molecule has 1 aromatic heterocycles. The molecule has 0 atom stereocenters. The van der Waals surface area contributed by atoms with Gasteiger partial charge in [0.05, 0.1) is 24.5 Å². The Kier molecular flexibility index (Phi) is 6.93. The fraction of sp³-hybridized carbons (Fsp3) is 0.500. The molecule has 0 amide bonds. The number of benzene rings is 1. The van der Waals surface area contributed by atoms with Crippen molar-refractivity contribution in [3.8, 4) is 11.6 Å². The highest BCUT2D eigenvalue weighted by Crippen LogP contribution is 2.24. The second-order valence-electron chi connectivity index (χ2n) is 7.07. The monoisotopic (exact) mass is 389 g/mol. The van der Waals surface area contributed by atoms with E-state index in [4.69, 9.17) is 4.74 Å². The van der Waals surface area contributed by atoms with Gasteiger partial charge >= 0.3 is 0 Å². The standard InChI is InChI=1S/C20H27N3O3S/c1-15(2)14-17-18(24)21-20(27-13-10-22-8-11-26-12-9-22)23(19(17)25)16-6-4-3-5-7-16/h3-7,15,24H,8-14H2,1-2H3. The molecule has 7 heteroatoms. The molecule has 0 unspecified atom stereocenters. The van der Waals surface area contributed by atoms with Gasteiger partial charge in [0.25, 0.3) is 5.56 Å². The van der Waals surface area contributed by atoms with Crippen LogP contribution in [0, 0.1) is 5.92 Å². The van der Waals surface area contributed by atoms with Crippen molar-refractivity contribution >= 4 is 11.8 Å². The number of rotatable bonds is 7. The van der Waals surface area contributed by atoms with Crippen LogP contribution in [0.4, 0.5) is 0 Å². The van der Waals surface area contributed by atoms with Crippen molar-refractivity contribution in [2.45, 2.75) is 25.4 Å². The third-order valence-electron chi connectivity index (χ3n) is 4.49. The van der Waals surface area contributed by atoms with Crippen LogP contribution in [0.5, 0.6) is 5.88 Å². The Balaban J connectivity index is 1.88. The van der Waals surface area contributed by atoms with Crippen molar-refractivity contribution < 1.29 is 9.84 Å². The predicted octanol–water partition coefficient (Wildman–Crippen LogP) is 2.56. The molecule has 2 aromatic rings. The highest BCUT2D eigenvalue weighted by Gasteiger charge is 2.19. The van der Waals surface area contributed by atoms with Gasteiger partial charge in [-0.1, -0.05) is 43.8 Å². The van der Waals surface area contributed by atoms with E-state index >= 15 is 0 Å². The molecule has 1 N–H and O–H groups in total. The van der Waals surface area contributed by atoms with Gasteiger partial charge < -0.3 is 9.84 Å². The Morgan fingerprint density at radius 2 is 1.93 bits per heavy atom. The van der Waals surface area contributed by atoms with Gasteiger partial charge in [-0.25, -0.2) is 0 Å². The van der Waals surface area contributed by atoms with Gasteiger partial charge in [-0.3, -0.25) is 14.3 Å². The van der Waals surface area contributed by atoms with Crippen LogP contribution < -0.4 is 5.56 Å². The van der Waals surface area contributed by atoms with E-state index in [1.165, 1.54) is 11.8 Å². The third-order valence-corrected chi connectivity index (χ3v) is 5.41. The molecule has 3 rings (SSSR count). The van der Waals surface area contributed by atoms with E-state index in [0.717, 1.165) is 44.3 Å². The van der Waals surface area contributed by atoms with Crippen molar-refractivity contribution in [1.82, 2.24) is 14.5 Å². The molecular formula is C20H27N3O3S. The van der Waals surface area contributed by atoms with Crippen LogP contribution in [0.25, 0.3) is 5.69 Å². The normalized spacial score (nSPS) is 15.4. The summed E-state index contributed by atoms with van der Waals surface area (Å²) in [5, 5.41) is 10.9. The summed E-state index contributed by atoms with van der Waals surface area (Å²) in [6.45, 7) is 8.33.